The third-order valence-corrected chi connectivity index (χ3v) is 5.78. The summed E-state index contributed by atoms with van der Waals surface area (Å²) in [6.45, 7) is 0. The van der Waals surface area contributed by atoms with Gasteiger partial charge in [-0.2, -0.15) is 5.10 Å². The van der Waals surface area contributed by atoms with Crippen LogP contribution >= 0.6 is 27.7 Å². The van der Waals surface area contributed by atoms with Crippen LogP contribution in [0.25, 0.3) is 22.7 Å². The minimum atomic E-state index is -0.317. The van der Waals surface area contributed by atoms with Crippen LogP contribution < -0.4 is 11.0 Å². The monoisotopic (exact) mass is 508 g/mol. The Balaban J connectivity index is 1.51. The standard InChI is InChI=1S/C23H17BrN4O3S/c24-16-9-11-17(12-10-16)28-22(30)19-7-1-2-8-20(19)26-23(28)32-15-21(29)27-25-13-3-5-18-6-4-14-31-18/h1-14H,15H2,(H,27,29)/b5-3+,25-13+. The number of furan rings is 1. The van der Waals surface area contributed by atoms with Crippen LogP contribution in [0, 0.1) is 0 Å². The summed E-state index contributed by atoms with van der Waals surface area (Å²) < 4.78 is 7.58. The predicted octanol–water partition coefficient (Wildman–Crippen LogP) is 4.65. The maximum absolute atomic E-state index is 13.2. The number of para-hydroxylation sites is 1. The van der Waals surface area contributed by atoms with Gasteiger partial charge in [0.2, 0.25) is 0 Å². The highest BCUT2D eigenvalue weighted by atomic mass is 79.9. The van der Waals surface area contributed by atoms with Crippen molar-refractivity contribution >= 4 is 56.8 Å². The molecule has 32 heavy (non-hydrogen) atoms. The predicted molar refractivity (Wildman–Crippen MR) is 130 cm³/mol. The molecule has 0 bridgehead atoms. The van der Waals surface area contributed by atoms with E-state index in [1.54, 1.807) is 48.7 Å². The minimum absolute atomic E-state index is 0.0422. The van der Waals surface area contributed by atoms with E-state index in [9.17, 15) is 9.59 Å². The number of hydrogen-bond acceptors (Lipinski definition) is 6. The van der Waals surface area contributed by atoms with Crippen LogP contribution in [0.1, 0.15) is 5.76 Å². The molecule has 7 nitrogen and oxygen atoms in total. The smallest absolute Gasteiger partial charge is 0.266 e. The third-order valence-electron chi connectivity index (χ3n) is 4.32. The van der Waals surface area contributed by atoms with E-state index in [1.165, 1.54) is 22.5 Å². The number of amides is 1. The van der Waals surface area contributed by atoms with E-state index in [2.05, 4.69) is 31.4 Å². The van der Waals surface area contributed by atoms with Crippen molar-refractivity contribution in [2.24, 2.45) is 5.10 Å². The Morgan fingerprint density at radius 2 is 1.97 bits per heavy atom. The molecule has 4 rings (SSSR count). The summed E-state index contributed by atoms with van der Waals surface area (Å²) in [6, 6.07) is 18.1. The lowest BCUT2D eigenvalue weighted by Gasteiger charge is -2.13. The second kappa shape index (κ2) is 10.3. The average Bonchev–Trinajstić information content (AvgIpc) is 3.32. The summed E-state index contributed by atoms with van der Waals surface area (Å²) in [5.41, 5.74) is 3.51. The molecule has 160 valence electrons. The fourth-order valence-corrected chi connectivity index (χ4v) is 3.94. The summed E-state index contributed by atoms with van der Waals surface area (Å²) in [5, 5.41) is 4.82. The number of allylic oxidation sites excluding steroid dienone is 1. The van der Waals surface area contributed by atoms with Gasteiger partial charge in [-0.1, -0.05) is 39.8 Å². The number of rotatable bonds is 7. The molecule has 0 radical (unpaired) electrons. The van der Waals surface area contributed by atoms with E-state index < -0.39 is 0 Å². The molecule has 0 unspecified atom stereocenters. The Hall–Kier alpha value is -3.43. The number of halogens is 1. The van der Waals surface area contributed by atoms with Crippen molar-refractivity contribution in [2.45, 2.75) is 5.16 Å². The summed E-state index contributed by atoms with van der Waals surface area (Å²) in [7, 11) is 0. The van der Waals surface area contributed by atoms with Crippen LogP contribution in [0.5, 0.6) is 0 Å². The third kappa shape index (κ3) is 5.24. The van der Waals surface area contributed by atoms with E-state index in [-0.39, 0.29) is 17.2 Å². The second-order valence-electron chi connectivity index (χ2n) is 6.50. The fourth-order valence-electron chi connectivity index (χ4n) is 2.87. The number of thioether (sulfide) groups is 1. The summed E-state index contributed by atoms with van der Waals surface area (Å²) in [4.78, 5) is 30.0. The number of fused-ring (bicyclic) bond motifs is 1. The van der Waals surface area contributed by atoms with Gasteiger partial charge >= 0.3 is 0 Å². The quantitative estimate of drug-likeness (QED) is 0.170. The first-order valence-corrected chi connectivity index (χ1v) is 11.3. The lowest BCUT2D eigenvalue weighted by molar-refractivity contribution is -0.118. The van der Waals surface area contributed by atoms with Gasteiger partial charge in [0.05, 0.1) is 28.6 Å². The van der Waals surface area contributed by atoms with Gasteiger partial charge in [-0.05, 0) is 60.7 Å². The van der Waals surface area contributed by atoms with Crippen molar-refractivity contribution < 1.29 is 9.21 Å². The Kier molecular flexibility index (Phi) is 6.98. The topological polar surface area (TPSA) is 89.5 Å². The molecule has 0 atom stereocenters. The number of nitrogens with zero attached hydrogens (tertiary/aromatic N) is 3. The zero-order valence-electron chi connectivity index (χ0n) is 16.6. The van der Waals surface area contributed by atoms with Crippen LogP contribution in [-0.4, -0.2) is 27.4 Å². The normalized spacial score (nSPS) is 11.5. The molecule has 4 aromatic rings. The highest BCUT2D eigenvalue weighted by Crippen LogP contribution is 2.22. The number of carbonyl (C=O) groups excluding carboxylic acids is 1. The molecule has 9 heteroatoms. The molecule has 0 aliphatic carbocycles. The van der Waals surface area contributed by atoms with Crippen LogP contribution in [-0.2, 0) is 4.79 Å². The minimum Gasteiger partial charge on any atom is -0.465 e. The van der Waals surface area contributed by atoms with Gasteiger partial charge in [0.15, 0.2) is 5.16 Å². The molecular formula is C23H17BrN4O3S. The van der Waals surface area contributed by atoms with Crippen molar-refractivity contribution in [2.75, 3.05) is 5.75 Å². The first kappa shape index (κ1) is 21.8. The lowest BCUT2D eigenvalue weighted by Crippen LogP contribution is -2.24. The molecule has 2 heterocycles. The second-order valence-corrected chi connectivity index (χ2v) is 8.36. The molecule has 0 fully saturated rings. The Morgan fingerprint density at radius 1 is 1.16 bits per heavy atom. The number of nitrogens with one attached hydrogen (secondary N) is 1. The van der Waals surface area contributed by atoms with E-state index in [4.69, 9.17) is 4.42 Å². The molecular weight excluding hydrogens is 492 g/mol. The van der Waals surface area contributed by atoms with Gasteiger partial charge in [0.25, 0.3) is 11.5 Å². The van der Waals surface area contributed by atoms with Gasteiger partial charge in [-0.3, -0.25) is 14.2 Å². The van der Waals surface area contributed by atoms with Crippen molar-refractivity contribution in [3.63, 3.8) is 0 Å². The fraction of sp³-hybridized carbons (Fsp3) is 0.0435. The summed E-state index contributed by atoms with van der Waals surface area (Å²) in [5.74, 6) is 0.412. The van der Waals surface area contributed by atoms with Crippen molar-refractivity contribution in [1.29, 1.82) is 0 Å². The number of benzene rings is 2. The maximum Gasteiger partial charge on any atom is 0.266 e. The van der Waals surface area contributed by atoms with Crippen LogP contribution in [0.15, 0.2) is 96.9 Å². The van der Waals surface area contributed by atoms with Gasteiger partial charge in [0.1, 0.15) is 5.76 Å². The first-order chi connectivity index (χ1) is 15.6. The van der Waals surface area contributed by atoms with Crippen molar-refractivity contribution in [3.8, 4) is 5.69 Å². The largest absolute Gasteiger partial charge is 0.465 e. The van der Waals surface area contributed by atoms with Crippen molar-refractivity contribution in [3.05, 3.63) is 93.6 Å². The highest BCUT2D eigenvalue weighted by molar-refractivity contribution is 9.10. The molecule has 0 saturated carbocycles. The number of aromatic nitrogens is 2. The molecule has 0 saturated heterocycles. The molecule has 2 aromatic heterocycles. The highest BCUT2D eigenvalue weighted by Gasteiger charge is 2.14. The Morgan fingerprint density at radius 3 is 2.75 bits per heavy atom. The first-order valence-electron chi connectivity index (χ1n) is 9.54. The van der Waals surface area contributed by atoms with Crippen LogP contribution in [0.2, 0.25) is 0 Å². The zero-order chi connectivity index (χ0) is 22.3. The summed E-state index contributed by atoms with van der Waals surface area (Å²) in [6.07, 6.45) is 6.41. The van der Waals surface area contributed by atoms with E-state index >= 15 is 0 Å². The van der Waals surface area contributed by atoms with E-state index in [0.29, 0.717) is 27.5 Å². The molecule has 0 spiro atoms. The Bertz CT molecular complexity index is 1350. The van der Waals surface area contributed by atoms with Crippen LogP contribution in [0.4, 0.5) is 0 Å². The molecule has 0 aliphatic heterocycles. The SMILES string of the molecule is O=C(CSc1nc2ccccc2c(=O)n1-c1ccc(Br)cc1)N/N=C/C=C/c1ccco1. The molecule has 0 aliphatic rings. The molecule has 1 N–H and O–H groups in total. The number of carbonyl (C=O) groups is 1. The number of hydrogen-bond donors (Lipinski definition) is 1. The Labute approximate surface area is 196 Å². The molecule has 2 aromatic carbocycles. The van der Waals surface area contributed by atoms with Crippen molar-refractivity contribution in [1.82, 2.24) is 15.0 Å². The van der Waals surface area contributed by atoms with Gasteiger partial charge < -0.3 is 4.42 Å². The average molecular weight is 509 g/mol. The number of hydrazone groups is 1. The summed E-state index contributed by atoms with van der Waals surface area (Å²) >= 11 is 4.57. The van der Waals surface area contributed by atoms with Gasteiger partial charge in [0, 0.05) is 10.7 Å². The van der Waals surface area contributed by atoms with Crippen LogP contribution in [0.3, 0.4) is 0 Å². The molecule has 1 amide bonds. The van der Waals surface area contributed by atoms with Gasteiger partial charge in [-0.25, -0.2) is 10.4 Å². The maximum atomic E-state index is 13.2. The van der Waals surface area contributed by atoms with Gasteiger partial charge in [-0.15, -0.1) is 0 Å². The zero-order valence-corrected chi connectivity index (χ0v) is 19.0. The lowest BCUT2D eigenvalue weighted by atomic mass is 10.2. The van der Waals surface area contributed by atoms with E-state index in [0.717, 1.165) is 4.47 Å². The van der Waals surface area contributed by atoms with E-state index in [1.807, 2.05) is 30.3 Å².